The monoisotopic (exact) mass is 452 g/mol. The zero-order chi connectivity index (χ0) is 22.3. The van der Waals surface area contributed by atoms with Crippen LogP contribution in [0.15, 0.2) is 41.3 Å². The molecule has 1 aliphatic heterocycles. The maximum atomic E-state index is 12.9. The highest BCUT2D eigenvalue weighted by atomic mass is 32.2. The zero-order valence-electron chi connectivity index (χ0n) is 16.5. The third kappa shape index (κ3) is 4.03. The maximum absolute atomic E-state index is 12.9. The van der Waals surface area contributed by atoms with Gasteiger partial charge in [-0.2, -0.15) is 0 Å². The van der Waals surface area contributed by atoms with Gasteiger partial charge in [-0.15, -0.1) is 0 Å². The third-order valence-electron chi connectivity index (χ3n) is 4.59. The molecular formula is C19H20N2O7S2. The number of carbonyl (C=O) groups excluding carboxylic acids is 2. The van der Waals surface area contributed by atoms with E-state index in [4.69, 9.17) is 0 Å². The molecule has 0 saturated carbocycles. The van der Waals surface area contributed by atoms with Gasteiger partial charge in [0.1, 0.15) is 0 Å². The molecule has 0 aliphatic carbocycles. The van der Waals surface area contributed by atoms with Gasteiger partial charge < -0.3 is 4.74 Å². The van der Waals surface area contributed by atoms with Gasteiger partial charge in [0, 0.05) is 12.1 Å². The second-order valence-electron chi connectivity index (χ2n) is 6.81. The van der Waals surface area contributed by atoms with Crippen LogP contribution in [0.25, 0.3) is 0 Å². The van der Waals surface area contributed by atoms with Crippen LogP contribution in [-0.4, -0.2) is 41.6 Å². The van der Waals surface area contributed by atoms with Gasteiger partial charge in [-0.1, -0.05) is 0 Å². The molecule has 1 saturated heterocycles. The van der Waals surface area contributed by atoms with E-state index >= 15 is 0 Å². The summed E-state index contributed by atoms with van der Waals surface area (Å²) in [5.41, 5.74) is 1.21. The lowest BCUT2D eigenvalue weighted by Gasteiger charge is -2.19. The van der Waals surface area contributed by atoms with E-state index in [0.29, 0.717) is 11.1 Å². The number of carbonyl (C=O) groups is 2. The molecule has 0 spiro atoms. The topological polar surface area (TPSA) is 127 Å². The molecular weight excluding hydrogens is 432 g/mol. The van der Waals surface area contributed by atoms with Crippen molar-refractivity contribution in [3.8, 4) is 0 Å². The molecule has 1 fully saturated rings. The Bertz CT molecular complexity index is 1210. The molecule has 1 heterocycles. The Hall–Kier alpha value is -2.92. The van der Waals surface area contributed by atoms with Crippen molar-refractivity contribution in [2.75, 3.05) is 21.9 Å². The Labute approximate surface area is 174 Å². The molecule has 160 valence electrons. The number of nitrogens with zero attached hydrogens (tertiary/aromatic N) is 1. The van der Waals surface area contributed by atoms with Crippen LogP contribution in [0, 0.1) is 13.8 Å². The van der Waals surface area contributed by atoms with Gasteiger partial charge in [0.15, 0.2) is 0 Å². The maximum Gasteiger partial charge on any atom is 0.337 e. The highest BCUT2D eigenvalue weighted by Gasteiger charge is 2.37. The molecule has 2 aromatic carbocycles. The summed E-state index contributed by atoms with van der Waals surface area (Å²) in [6.45, 7) is 3.05. The molecule has 0 aromatic heterocycles. The molecule has 0 atom stereocenters. The predicted molar refractivity (Wildman–Crippen MR) is 110 cm³/mol. The molecule has 0 unspecified atom stereocenters. The van der Waals surface area contributed by atoms with Crippen LogP contribution in [0.5, 0.6) is 0 Å². The van der Waals surface area contributed by atoms with Crippen molar-refractivity contribution < 1.29 is 31.2 Å². The van der Waals surface area contributed by atoms with Crippen molar-refractivity contribution in [2.24, 2.45) is 0 Å². The Morgan fingerprint density at radius 2 is 1.67 bits per heavy atom. The number of rotatable bonds is 5. The zero-order valence-corrected chi connectivity index (χ0v) is 18.1. The van der Waals surface area contributed by atoms with E-state index in [1.54, 1.807) is 0 Å². The van der Waals surface area contributed by atoms with E-state index in [-0.39, 0.29) is 34.0 Å². The fraction of sp³-hybridized carbons (Fsp3) is 0.263. The second-order valence-corrected chi connectivity index (χ2v) is 10.4. The first-order chi connectivity index (χ1) is 14.0. The van der Waals surface area contributed by atoms with E-state index in [1.807, 2.05) is 0 Å². The summed E-state index contributed by atoms with van der Waals surface area (Å²) in [7, 11) is -6.52. The van der Waals surface area contributed by atoms with Gasteiger partial charge in [0.2, 0.25) is 15.9 Å². The summed E-state index contributed by atoms with van der Waals surface area (Å²) in [4.78, 5) is 23.5. The Kier molecular flexibility index (Phi) is 5.61. The summed E-state index contributed by atoms with van der Waals surface area (Å²) >= 11 is 0. The lowest BCUT2D eigenvalue weighted by atomic mass is 10.1. The standard InChI is InChI=1S/C19H20N2O7S2/c1-12-10-16(21-17(22)8-9-29(21,24)25)11-13(2)18(12)30(26,27)20-15-6-4-14(5-7-15)19(23)28-3/h4-7,10-11,20H,8-9H2,1-3H3. The first-order valence-corrected chi connectivity index (χ1v) is 11.9. The molecule has 1 amide bonds. The highest BCUT2D eigenvalue weighted by Crippen LogP contribution is 2.32. The van der Waals surface area contributed by atoms with Gasteiger partial charge >= 0.3 is 5.97 Å². The van der Waals surface area contributed by atoms with Crippen LogP contribution < -0.4 is 9.03 Å². The summed E-state index contributed by atoms with van der Waals surface area (Å²) in [5.74, 6) is -1.36. The fourth-order valence-corrected chi connectivity index (χ4v) is 6.29. The van der Waals surface area contributed by atoms with E-state index in [1.165, 1.54) is 57.4 Å². The molecule has 0 radical (unpaired) electrons. The summed E-state index contributed by atoms with van der Waals surface area (Å²) in [6.07, 6.45) is -0.108. The average molecular weight is 453 g/mol. The Balaban J connectivity index is 1.95. The summed E-state index contributed by atoms with van der Waals surface area (Å²) < 4.78 is 58.0. The van der Waals surface area contributed by atoms with Crippen molar-refractivity contribution in [3.05, 3.63) is 53.1 Å². The number of benzene rings is 2. The number of sulfonamides is 2. The lowest BCUT2D eigenvalue weighted by Crippen LogP contribution is -2.29. The first kappa shape index (κ1) is 21.8. The first-order valence-electron chi connectivity index (χ1n) is 8.84. The van der Waals surface area contributed by atoms with Crippen molar-refractivity contribution in [2.45, 2.75) is 25.2 Å². The number of anilines is 2. The lowest BCUT2D eigenvalue weighted by molar-refractivity contribution is -0.116. The Morgan fingerprint density at radius 3 is 2.13 bits per heavy atom. The van der Waals surface area contributed by atoms with Crippen molar-refractivity contribution >= 4 is 43.3 Å². The number of amides is 1. The predicted octanol–water partition coefficient (Wildman–Crippen LogP) is 1.96. The minimum Gasteiger partial charge on any atom is -0.465 e. The SMILES string of the molecule is COC(=O)c1ccc(NS(=O)(=O)c2c(C)cc(N3C(=O)CCS3(=O)=O)cc2C)cc1. The van der Waals surface area contributed by atoms with Gasteiger partial charge in [-0.05, 0) is 61.4 Å². The van der Waals surface area contributed by atoms with E-state index < -0.39 is 31.9 Å². The molecule has 1 aliphatic rings. The van der Waals surface area contributed by atoms with E-state index in [9.17, 15) is 26.4 Å². The molecule has 11 heteroatoms. The van der Waals surface area contributed by atoms with Crippen LogP contribution in [0.1, 0.15) is 27.9 Å². The van der Waals surface area contributed by atoms with Crippen LogP contribution in [0.4, 0.5) is 11.4 Å². The number of ether oxygens (including phenoxy) is 1. The van der Waals surface area contributed by atoms with Crippen molar-refractivity contribution in [3.63, 3.8) is 0 Å². The fourth-order valence-electron chi connectivity index (χ4n) is 3.34. The van der Waals surface area contributed by atoms with Crippen molar-refractivity contribution in [1.82, 2.24) is 0 Å². The quantitative estimate of drug-likeness (QED) is 0.687. The van der Waals surface area contributed by atoms with Gasteiger partial charge in [-0.25, -0.2) is 25.9 Å². The molecule has 1 N–H and O–H groups in total. The number of methoxy groups -OCH3 is 1. The van der Waals surface area contributed by atoms with Crippen molar-refractivity contribution in [1.29, 1.82) is 0 Å². The van der Waals surface area contributed by atoms with Crippen LogP contribution in [0.2, 0.25) is 0 Å². The number of hydrogen-bond donors (Lipinski definition) is 1. The smallest absolute Gasteiger partial charge is 0.337 e. The minimum atomic E-state index is -4.01. The largest absolute Gasteiger partial charge is 0.465 e. The minimum absolute atomic E-state index is 0.0210. The Morgan fingerprint density at radius 1 is 1.10 bits per heavy atom. The number of hydrogen-bond acceptors (Lipinski definition) is 7. The summed E-state index contributed by atoms with van der Waals surface area (Å²) in [5, 5.41) is 0. The normalized spacial score (nSPS) is 15.8. The van der Waals surface area contributed by atoms with Crippen LogP contribution in [0.3, 0.4) is 0 Å². The number of esters is 1. The van der Waals surface area contributed by atoms with Gasteiger partial charge in [-0.3, -0.25) is 9.52 Å². The molecule has 3 rings (SSSR count). The van der Waals surface area contributed by atoms with Gasteiger partial charge in [0.05, 0.1) is 29.0 Å². The van der Waals surface area contributed by atoms with Crippen LogP contribution >= 0.6 is 0 Å². The molecule has 30 heavy (non-hydrogen) atoms. The molecule has 2 aromatic rings. The third-order valence-corrected chi connectivity index (χ3v) is 7.96. The molecule has 9 nitrogen and oxygen atoms in total. The second kappa shape index (κ2) is 7.73. The van der Waals surface area contributed by atoms with Gasteiger partial charge in [0.25, 0.3) is 10.0 Å². The number of aryl methyl sites for hydroxylation is 2. The van der Waals surface area contributed by atoms with E-state index in [2.05, 4.69) is 9.46 Å². The average Bonchev–Trinajstić information content (AvgIpc) is 2.93. The van der Waals surface area contributed by atoms with E-state index in [0.717, 1.165) is 4.31 Å². The van der Waals surface area contributed by atoms with Crippen LogP contribution in [-0.2, 0) is 29.6 Å². The molecule has 0 bridgehead atoms. The number of nitrogens with one attached hydrogen (secondary N) is 1. The highest BCUT2D eigenvalue weighted by molar-refractivity contribution is 7.94. The summed E-state index contributed by atoms with van der Waals surface area (Å²) in [6, 6.07) is 8.44.